The first-order valence-corrected chi connectivity index (χ1v) is 52.9. The summed E-state index contributed by atoms with van der Waals surface area (Å²) in [5.41, 5.74) is 42.0. The van der Waals surface area contributed by atoms with Crippen LogP contribution >= 0.6 is 195 Å². The summed E-state index contributed by atoms with van der Waals surface area (Å²) < 4.78 is 12.6. The zero-order chi connectivity index (χ0) is 103. The number of anilines is 15. The van der Waals surface area contributed by atoms with Crippen LogP contribution in [0, 0.1) is 115 Å². The van der Waals surface area contributed by atoms with Gasteiger partial charge in [0.25, 0.3) is 0 Å². The number of nitrogens with one attached hydrogen (secondary N) is 1. The monoisotopic (exact) mass is 2100 g/mol. The Balaban J connectivity index is 0.000000755. The number of hydrogen-bond donors (Lipinski definition) is 5. The maximum absolute atomic E-state index is 5.82. The second-order valence-electron chi connectivity index (χ2n) is 45.1. The van der Waals surface area contributed by atoms with Gasteiger partial charge in [0.15, 0.2) is 0 Å². The summed E-state index contributed by atoms with van der Waals surface area (Å²) in [6, 6.07) is 0. The van der Waals surface area contributed by atoms with Crippen molar-refractivity contribution in [3.05, 3.63) is 77.7 Å². The van der Waals surface area contributed by atoms with Gasteiger partial charge in [0.2, 0.25) is 0 Å². The van der Waals surface area contributed by atoms with Gasteiger partial charge in [-0.25, -0.2) is 0 Å². The number of nitrogens with two attached hydrogens (primary N) is 4. The SMILES string of the molecule is CC(C)(C)CCCc1c(N)c(=S)c1=S.CCN(C)c1c(N(C)CCC(C)(C)C)c(=S)c1=S.CCN(CC)c1c(N(C)CCC(C)(C)C)c(=S)c1=S.CCNc1c(N(C)CCC(C)(C)C)c(=S)c1=S.CN(C)c1c(N(C)CCC(C)(C)C)c(=S)c1=S.CN(CCC(C)(C)C)c1c(N)c(=S)c1=S.CN(CCCC(C)(C)C)c1c(N)c(=S)c1=S.CN(CCCC(C)(C)C)c1c(N)c(=S)c1=S. The minimum Gasteiger partial charge on any atom is -0.397 e. The maximum atomic E-state index is 5.82. The molecule has 0 saturated carbocycles. The van der Waals surface area contributed by atoms with Crippen molar-refractivity contribution in [1.82, 2.24) is 0 Å². The molecule has 0 radical (unpaired) electrons. The molecule has 0 aliphatic heterocycles. The van der Waals surface area contributed by atoms with Gasteiger partial charge >= 0.3 is 0 Å². The number of rotatable bonds is 34. The second kappa shape index (κ2) is 53.8. The van der Waals surface area contributed by atoms with Gasteiger partial charge in [0, 0.05) is 142 Å². The summed E-state index contributed by atoms with van der Waals surface area (Å²) in [5, 5.41) is 3.30. The van der Waals surface area contributed by atoms with Crippen molar-refractivity contribution >= 4 is 281 Å². The standard InChI is InChI=1S/C15H26N2S2.C14H24N2S2.2C13H22N2S2.2C12H20N2S2.C11H18N2S2.C11H17NS2/c1-7-17(8-2)12-11(13(18)14(12)19)16(6)10-9-15(3,4)5;1-7-15(5)10-11(13(18)12(10)17)16(6)9-8-14(2,3)4;1-13(2,3)7-8-15(6)10-9(14(4)5)11(16)12(10)17;1-6-14-9-10(12(17)11(9)16)15(5)8-7-13(2,3)4;2*1-12(2,3)6-5-7-14(4)9-8(13)10(15)11(9)16;1-11(2,3)5-6-13(4)8-7(12)9(14)10(8)15;1-11(2,3)6-4-5-7-8(12)10(14)9(7)13/h7-10H2,1-6H3;7-9H2,1-6H3;7-8H2,1-6H3;14H,6-8H2,1-5H3;2*5-7,13H2,1-4H3;5-6,12H2,1-4H3;4-6,12H2,1-3H3. The molecule has 0 heterocycles. The van der Waals surface area contributed by atoms with Crippen molar-refractivity contribution in [3.63, 3.8) is 0 Å². The first kappa shape index (κ1) is 126. The molecule has 31 heteroatoms. The highest BCUT2D eigenvalue weighted by Crippen LogP contribution is 2.44. The Kier molecular flexibility index (Phi) is 51.5. The van der Waals surface area contributed by atoms with Crippen LogP contribution in [0.1, 0.15) is 270 Å². The van der Waals surface area contributed by atoms with Crippen molar-refractivity contribution in [3.8, 4) is 0 Å². The summed E-state index contributed by atoms with van der Waals surface area (Å²) in [5.74, 6) is 0. The van der Waals surface area contributed by atoms with Crippen molar-refractivity contribution in [2.45, 2.75) is 271 Å². The second-order valence-corrected chi connectivity index (χ2v) is 51.7. The molecular formula is C101H169N15S16. The normalized spacial score (nSPS) is 12.0. The van der Waals surface area contributed by atoms with Crippen molar-refractivity contribution < 1.29 is 0 Å². The fourth-order valence-electron chi connectivity index (χ4n) is 13.8. The van der Waals surface area contributed by atoms with Crippen LogP contribution in [0.2, 0.25) is 0 Å². The highest BCUT2D eigenvalue weighted by Gasteiger charge is 2.29. The number of nitrogens with zero attached hydrogens (tertiary/aromatic N) is 10. The van der Waals surface area contributed by atoms with Crippen LogP contribution in [0.15, 0.2) is 0 Å². The molecule has 0 bridgehead atoms. The molecule has 0 unspecified atom stereocenters. The molecule has 8 rings (SSSR count). The summed E-state index contributed by atoms with van der Waals surface area (Å²) in [6.45, 7) is 73.3. The lowest BCUT2D eigenvalue weighted by molar-refractivity contribution is 0.365. The molecule has 8 aromatic rings. The van der Waals surface area contributed by atoms with Crippen LogP contribution in [-0.2, 0) is 6.42 Å². The van der Waals surface area contributed by atoms with E-state index in [9.17, 15) is 0 Å². The molecule has 0 aliphatic rings. The van der Waals surface area contributed by atoms with E-state index in [4.69, 9.17) is 218 Å². The molecule has 0 aliphatic carbocycles. The Morgan fingerprint density at radius 1 is 0.220 bits per heavy atom. The Bertz CT molecular complexity index is 5560. The summed E-state index contributed by atoms with van der Waals surface area (Å²) >= 11 is 83.6. The molecule has 0 saturated heterocycles. The molecule has 0 spiro atoms. The smallest absolute Gasteiger partial charge is 0.0835 e. The van der Waals surface area contributed by atoms with Crippen LogP contribution in [0.25, 0.3) is 0 Å². The van der Waals surface area contributed by atoms with E-state index >= 15 is 0 Å². The Labute approximate surface area is 883 Å². The molecule has 15 nitrogen and oxygen atoms in total. The molecule has 9 N–H and O–H groups in total. The van der Waals surface area contributed by atoms with E-state index in [0.717, 1.165) is 246 Å². The van der Waals surface area contributed by atoms with Gasteiger partial charge in [0.05, 0.1) is 157 Å². The van der Waals surface area contributed by atoms with Gasteiger partial charge in [-0.3, -0.25) is 0 Å². The minimum absolute atomic E-state index is 0.329. The highest BCUT2D eigenvalue weighted by molar-refractivity contribution is 7.76. The topological polar surface area (TPSA) is 149 Å². The molecule has 8 aromatic carbocycles. The predicted octanol–water partition coefficient (Wildman–Crippen LogP) is 32.6. The average molecular weight is 2110 g/mol. The predicted molar refractivity (Wildman–Crippen MR) is 636 cm³/mol. The zero-order valence-electron chi connectivity index (χ0n) is 88.1. The van der Waals surface area contributed by atoms with Crippen LogP contribution in [0.3, 0.4) is 0 Å². The lowest BCUT2D eigenvalue weighted by atomic mass is 9.88. The van der Waals surface area contributed by atoms with E-state index in [0.29, 0.717) is 78.4 Å². The van der Waals surface area contributed by atoms with E-state index < -0.39 is 0 Å². The lowest BCUT2D eigenvalue weighted by Crippen LogP contribution is -2.30. The molecule has 132 heavy (non-hydrogen) atoms. The van der Waals surface area contributed by atoms with Crippen LogP contribution in [0.5, 0.6) is 0 Å². The molecule has 0 amide bonds. The van der Waals surface area contributed by atoms with Gasteiger partial charge in [-0.2, -0.15) is 0 Å². The molecular weight excluding hydrogens is 1940 g/mol. The van der Waals surface area contributed by atoms with E-state index in [-0.39, 0.29) is 0 Å². The summed E-state index contributed by atoms with van der Waals surface area (Å²) in [7, 11) is 20.6. The van der Waals surface area contributed by atoms with Gasteiger partial charge in [-0.1, -0.05) is 362 Å². The highest BCUT2D eigenvalue weighted by atomic mass is 32.1. The van der Waals surface area contributed by atoms with Crippen molar-refractivity contribution in [1.29, 1.82) is 0 Å². The quantitative estimate of drug-likeness (QED) is 0.0243. The van der Waals surface area contributed by atoms with Gasteiger partial charge < -0.3 is 77.3 Å². The first-order chi connectivity index (χ1) is 59.9. The van der Waals surface area contributed by atoms with Gasteiger partial charge in [0.1, 0.15) is 0 Å². The van der Waals surface area contributed by atoms with Crippen LogP contribution < -0.4 is 77.3 Å². The van der Waals surface area contributed by atoms with E-state index in [1.165, 1.54) is 30.6 Å². The fraction of sp³-hybridized carbons (Fsp3) is 0.683. The third-order valence-corrected chi connectivity index (χ3v) is 30.4. The molecule has 0 fully saturated rings. The molecule has 0 aromatic heterocycles. The third-order valence-electron chi connectivity index (χ3n) is 22.9. The average Bonchev–Trinajstić information content (AvgIpc) is 0.763. The largest absolute Gasteiger partial charge is 0.397 e. The van der Waals surface area contributed by atoms with Crippen molar-refractivity contribution in [2.75, 3.05) is 220 Å². The number of hydrogen-bond acceptors (Lipinski definition) is 31. The fourth-order valence-corrected chi connectivity index (χ4v) is 18.8. The lowest BCUT2D eigenvalue weighted by Gasteiger charge is -2.33. The Hall–Kier alpha value is -3.64. The Morgan fingerprint density at radius 3 is 0.697 bits per heavy atom. The third kappa shape index (κ3) is 39.4. The molecule has 744 valence electrons. The summed E-state index contributed by atoms with van der Waals surface area (Å²) in [6.07, 6.45) is 13.7. The maximum Gasteiger partial charge on any atom is 0.0835 e. The zero-order valence-corrected chi connectivity index (χ0v) is 101. The first-order valence-electron chi connectivity index (χ1n) is 46.4. The Morgan fingerprint density at radius 2 is 0.439 bits per heavy atom. The van der Waals surface area contributed by atoms with Crippen molar-refractivity contribution in [2.24, 2.45) is 43.3 Å². The van der Waals surface area contributed by atoms with Gasteiger partial charge in [-0.05, 0) is 154 Å². The van der Waals surface area contributed by atoms with Gasteiger partial charge in [-0.15, -0.1) is 0 Å². The van der Waals surface area contributed by atoms with E-state index in [1.807, 2.05) is 35.2 Å². The molecule has 0 atom stereocenters. The van der Waals surface area contributed by atoms with Crippen LogP contribution in [0.4, 0.5) is 85.3 Å². The van der Waals surface area contributed by atoms with E-state index in [2.05, 4.69) is 283 Å². The number of nitrogen functional groups attached to an aromatic ring is 4. The summed E-state index contributed by atoms with van der Waals surface area (Å²) in [4.78, 5) is 21.9. The van der Waals surface area contributed by atoms with Crippen LogP contribution in [-0.4, -0.2) is 142 Å². The van der Waals surface area contributed by atoms with E-state index in [1.54, 1.807) is 0 Å². The minimum atomic E-state index is 0.329.